The van der Waals surface area contributed by atoms with Gasteiger partial charge < -0.3 is 19.5 Å². The Morgan fingerprint density at radius 3 is 2.47 bits per heavy atom. The third-order valence-corrected chi connectivity index (χ3v) is 5.15. The van der Waals surface area contributed by atoms with Crippen molar-refractivity contribution in [1.29, 1.82) is 5.26 Å². The molecule has 3 aromatic rings. The van der Waals surface area contributed by atoms with E-state index in [1.165, 1.54) is 31.4 Å². The highest BCUT2D eigenvalue weighted by Gasteiger charge is 2.16. The Morgan fingerprint density at radius 2 is 1.83 bits per heavy atom. The molecular formula is C26H22ClN3O6. The van der Waals surface area contributed by atoms with Gasteiger partial charge in [-0.2, -0.15) is 5.26 Å². The minimum Gasteiger partial charge on any atom is -0.494 e. The lowest BCUT2D eigenvalue weighted by atomic mass is 10.1. The number of halogens is 1. The number of rotatable bonds is 10. The van der Waals surface area contributed by atoms with Crippen LogP contribution in [0.25, 0.3) is 6.08 Å². The fraction of sp³-hybridized carbons (Fsp3) is 0.154. The van der Waals surface area contributed by atoms with Crippen LogP contribution in [-0.2, 0) is 11.4 Å². The average molecular weight is 508 g/mol. The summed E-state index contributed by atoms with van der Waals surface area (Å²) in [7, 11) is 1.32. The zero-order chi connectivity index (χ0) is 26.1. The molecule has 0 unspecified atom stereocenters. The first kappa shape index (κ1) is 26.1. The molecule has 184 valence electrons. The maximum absolute atomic E-state index is 12.7. The number of hydrogen-bond acceptors (Lipinski definition) is 7. The molecule has 0 fully saturated rings. The highest BCUT2D eigenvalue weighted by Crippen LogP contribution is 2.31. The number of carbonyl (C=O) groups excluding carboxylic acids is 1. The van der Waals surface area contributed by atoms with Crippen molar-refractivity contribution in [3.8, 4) is 23.3 Å². The number of anilines is 1. The van der Waals surface area contributed by atoms with Crippen LogP contribution < -0.4 is 19.5 Å². The number of hydrogen-bond donors (Lipinski definition) is 1. The molecule has 36 heavy (non-hydrogen) atoms. The summed E-state index contributed by atoms with van der Waals surface area (Å²) in [6.07, 6.45) is 1.40. The smallest absolute Gasteiger partial charge is 0.273 e. The van der Waals surface area contributed by atoms with Gasteiger partial charge in [0.05, 0.1) is 30.4 Å². The van der Waals surface area contributed by atoms with Gasteiger partial charge in [0.2, 0.25) is 0 Å². The number of benzene rings is 3. The van der Waals surface area contributed by atoms with Crippen molar-refractivity contribution in [2.24, 2.45) is 0 Å². The maximum Gasteiger partial charge on any atom is 0.273 e. The standard InChI is InChI=1S/C26H22ClN3O6/c1-3-35-25-13-18(6-11-23(25)36-16-17-4-7-20(27)8-5-17)12-19(15-28)26(31)29-22-10-9-21(30(32)33)14-24(22)34-2/h4-14H,3,16H2,1-2H3,(H,29,31)/b19-12+. The molecule has 10 heteroatoms. The third kappa shape index (κ3) is 6.74. The van der Waals surface area contributed by atoms with Gasteiger partial charge in [-0.15, -0.1) is 0 Å². The molecule has 0 aliphatic carbocycles. The Labute approximate surface area is 212 Å². The second-order valence-electron chi connectivity index (χ2n) is 7.32. The largest absolute Gasteiger partial charge is 0.494 e. The van der Waals surface area contributed by atoms with Crippen LogP contribution in [0.5, 0.6) is 17.2 Å². The van der Waals surface area contributed by atoms with Gasteiger partial charge in [-0.25, -0.2) is 0 Å². The Hall–Kier alpha value is -4.55. The maximum atomic E-state index is 12.7. The summed E-state index contributed by atoms with van der Waals surface area (Å²) in [6, 6.07) is 17.9. The summed E-state index contributed by atoms with van der Waals surface area (Å²) in [5, 5.41) is 23.7. The summed E-state index contributed by atoms with van der Waals surface area (Å²) >= 11 is 5.92. The molecule has 0 atom stereocenters. The number of nitro benzene ring substituents is 1. The summed E-state index contributed by atoms with van der Waals surface area (Å²) < 4.78 is 16.7. The van der Waals surface area contributed by atoms with E-state index in [4.69, 9.17) is 25.8 Å². The molecule has 0 radical (unpaired) electrons. The van der Waals surface area contributed by atoms with Crippen molar-refractivity contribution in [3.05, 3.63) is 92.5 Å². The summed E-state index contributed by atoms with van der Waals surface area (Å²) in [5.74, 6) is 0.346. The van der Waals surface area contributed by atoms with E-state index in [0.717, 1.165) is 5.56 Å². The molecule has 9 nitrogen and oxygen atoms in total. The summed E-state index contributed by atoms with van der Waals surface area (Å²) in [6.45, 7) is 2.52. The molecule has 3 aromatic carbocycles. The zero-order valence-electron chi connectivity index (χ0n) is 19.5. The quantitative estimate of drug-likeness (QED) is 0.159. The molecular weight excluding hydrogens is 486 g/mol. The van der Waals surface area contributed by atoms with Gasteiger partial charge in [0.25, 0.3) is 11.6 Å². The van der Waals surface area contributed by atoms with Crippen LogP contribution in [0.1, 0.15) is 18.1 Å². The lowest BCUT2D eigenvalue weighted by Crippen LogP contribution is -2.14. The van der Waals surface area contributed by atoms with Gasteiger partial charge in [-0.3, -0.25) is 14.9 Å². The molecule has 0 aliphatic rings. The van der Waals surface area contributed by atoms with Crippen LogP contribution in [0, 0.1) is 21.4 Å². The van der Waals surface area contributed by atoms with E-state index < -0.39 is 10.8 Å². The van der Waals surface area contributed by atoms with Crippen molar-refractivity contribution >= 4 is 35.0 Å². The van der Waals surface area contributed by atoms with Crippen LogP contribution in [0.4, 0.5) is 11.4 Å². The van der Waals surface area contributed by atoms with Gasteiger partial charge >= 0.3 is 0 Å². The first-order chi connectivity index (χ1) is 17.3. The molecule has 0 aliphatic heterocycles. The average Bonchev–Trinajstić information content (AvgIpc) is 2.87. The van der Waals surface area contributed by atoms with Gasteiger partial charge in [0, 0.05) is 11.1 Å². The SMILES string of the molecule is CCOc1cc(/C=C(\C#N)C(=O)Nc2ccc([N+](=O)[O-])cc2OC)ccc1OCc1ccc(Cl)cc1. The predicted octanol–water partition coefficient (Wildman–Crippen LogP) is 5.78. The minimum atomic E-state index is -0.703. The highest BCUT2D eigenvalue weighted by atomic mass is 35.5. The molecule has 3 rings (SSSR count). The number of carbonyl (C=O) groups is 1. The van der Waals surface area contributed by atoms with Crippen molar-refractivity contribution in [2.45, 2.75) is 13.5 Å². The predicted molar refractivity (Wildman–Crippen MR) is 135 cm³/mol. The van der Waals surface area contributed by atoms with Crippen LogP contribution in [0.2, 0.25) is 5.02 Å². The number of ether oxygens (including phenoxy) is 3. The molecule has 0 spiro atoms. The number of nitrogens with one attached hydrogen (secondary N) is 1. The van der Waals surface area contributed by atoms with Gasteiger partial charge in [-0.1, -0.05) is 29.8 Å². The van der Waals surface area contributed by atoms with Crippen molar-refractivity contribution in [2.75, 3.05) is 19.0 Å². The second kappa shape index (κ2) is 12.2. The normalized spacial score (nSPS) is 10.8. The van der Waals surface area contributed by atoms with E-state index in [2.05, 4.69) is 5.32 Å². The highest BCUT2D eigenvalue weighted by molar-refractivity contribution is 6.30. The van der Waals surface area contributed by atoms with E-state index in [0.29, 0.717) is 35.3 Å². The van der Waals surface area contributed by atoms with E-state index in [-0.39, 0.29) is 22.7 Å². The Kier molecular flexibility index (Phi) is 8.86. The van der Waals surface area contributed by atoms with E-state index in [9.17, 15) is 20.2 Å². The van der Waals surface area contributed by atoms with Crippen molar-refractivity contribution < 1.29 is 23.9 Å². The minimum absolute atomic E-state index is 0.0932. The Morgan fingerprint density at radius 1 is 1.08 bits per heavy atom. The number of non-ortho nitro benzene ring substituents is 1. The fourth-order valence-electron chi connectivity index (χ4n) is 3.15. The van der Waals surface area contributed by atoms with Crippen LogP contribution in [0.15, 0.2) is 66.2 Å². The van der Waals surface area contributed by atoms with Crippen LogP contribution >= 0.6 is 11.6 Å². The number of nitriles is 1. The number of methoxy groups -OCH3 is 1. The van der Waals surface area contributed by atoms with Crippen molar-refractivity contribution in [1.82, 2.24) is 0 Å². The lowest BCUT2D eigenvalue weighted by molar-refractivity contribution is -0.384. The van der Waals surface area contributed by atoms with Crippen LogP contribution in [0.3, 0.4) is 0 Å². The van der Waals surface area contributed by atoms with Gasteiger partial charge in [-0.05, 0) is 54.5 Å². The number of nitrogens with zero attached hydrogens (tertiary/aromatic N) is 2. The number of nitro groups is 1. The van der Waals surface area contributed by atoms with Crippen molar-refractivity contribution in [3.63, 3.8) is 0 Å². The molecule has 0 bridgehead atoms. The Balaban J connectivity index is 1.80. The first-order valence-corrected chi connectivity index (χ1v) is 11.1. The zero-order valence-corrected chi connectivity index (χ0v) is 20.2. The summed E-state index contributed by atoms with van der Waals surface area (Å²) in [5.41, 5.74) is 1.28. The van der Waals surface area contributed by atoms with Gasteiger partial charge in [0.15, 0.2) is 11.5 Å². The lowest BCUT2D eigenvalue weighted by Gasteiger charge is -2.13. The fourth-order valence-corrected chi connectivity index (χ4v) is 3.27. The second-order valence-corrected chi connectivity index (χ2v) is 7.76. The number of amides is 1. The first-order valence-electron chi connectivity index (χ1n) is 10.7. The van der Waals surface area contributed by atoms with Gasteiger partial charge in [0.1, 0.15) is 24.0 Å². The molecule has 0 saturated heterocycles. The molecule has 1 amide bonds. The molecule has 0 heterocycles. The third-order valence-electron chi connectivity index (χ3n) is 4.90. The van der Waals surface area contributed by atoms with E-state index in [1.807, 2.05) is 25.1 Å². The van der Waals surface area contributed by atoms with E-state index >= 15 is 0 Å². The monoisotopic (exact) mass is 507 g/mol. The summed E-state index contributed by atoms with van der Waals surface area (Å²) in [4.78, 5) is 23.1. The van der Waals surface area contributed by atoms with Crippen LogP contribution in [-0.4, -0.2) is 24.5 Å². The Bertz CT molecular complexity index is 1330. The molecule has 1 N–H and O–H groups in total. The molecule has 0 saturated carbocycles. The topological polar surface area (TPSA) is 124 Å². The molecule has 0 aromatic heterocycles. The van der Waals surface area contributed by atoms with E-state index in [1.54, 1.807) is 30.3 Å².